The molecule has 7 heteroatoms. The highest BCUT2D eigenvalue weighted by Crippen LogP contribution is 2.24. The lowest BCUT2D eigenvalue weighted by atomic mass is 10.1. The van der Waals surface area contributed by atoms with Crippen molar-refractivity contribution >= 4 is 28.8 Å². The van der Waals surface area contributed by atoms with Gasteiger partial charge in [-0.05, 0) is 25.0 Å². The number of nitrogens with zero attached hydrogens (tertiary/aromatic N) is 3. The number of hydrogen-bond acceptors (Lipinski definition) is 5. The molecule has 0 spiro atoms. The van der Waals surface area contributed by atoms with Crippen molar-refractivity contribution in [3.05, 3.63) is 39.9 Å². The van der Waals surface area contributed by atoms with Crippen molar-refractivity contribution in [3.8, 4) is 5.88 Å². The van der Waals surface area contributed by atoms with E-state index in [4.69, 9.17) is 16.3 Å². The molecular formula is C14H14ClN3O2S. The highest BCUT2D eigenvalue weighted by molar-refractivity contribution is 7.17. The van der Waals surface area contributed by atoms with E-state index in [1.807, 2.05) is 4.90 Å². The van der Waals surface area contributed by atoms with E-state index in [0.717, 1.165) is 19.4 Å². The molecule has 1 fully saturated rings. The van der Waals surface area contributed by atoms with E-state index in [2.05, 4.69) is 9.97 Å². The first kappa shape index (κ1) is 14.3. The Bertz CT molecular complexity index is 620. The Hall–Kier alpha value is -1.66. The van der Waals surface area contributed by atoms with E-state index in [-0.39, 0.29) is 12.0 Å². The van der Waals surface area contributed by atoms with Gasteiger partial charge in [0.25, 0.3) is 5.91 Å². The number of carbonyl (C=O) groups is 1. The third kappa shape index (κ3) is 3.51. The van der Waals surface area contributed by atoms with Crippen LogP contribution in [-0.2, 0) is 0 Å². The largest absolute Gasteiger partial charge is 0.471 e. The van der Waals surface area contributed by atoms with Crippen molar-refractivity contribution < 1.29 is 9.53 Å². The topological polar surface area (TPSA) is 55.3 Å². The fourth-order valence-electron chi connectivity index (χ4n) is 2.32. The second kappa shape index (κ2) is 6.41. The summed E-state index contributed by atoms with van der Waals surface area (Å²) in [6.07, 6.45) is 6.55. The third-order valence-corrected chi connectivity index (χ3v) is 4.50. The predicted molar refractivity (Wildman–Crippen MR) is 80.9 cm³/mol. The Kier molecular flexibility index (Phi) is 4.36. The number of ether oxygens (including phenoxy) is 1. The summed E-state index contributed by atoms with van der Waals surface area (Å²) in [5.41, 5.74) is 0. The molecule has 5 nitrogen and oxygen atoms in total. The molecule has 1 amide bonds. The molecule has 0 bridgehead atoms. The lowest BCUT2D eigenvalue weighted by Gasteiger charge is -2.32. The number of halogens is 1. The fraction of sp³-hybridized carbons (Fsp3) is 0.357. The van der Waals surface area contributed by atoms with Gasteiger partial charge < -0.3 is 9.64 Å². The van der Waals surface area contributed by atoms with Crippen molar-refractivity contribution in [2.45, 2.75) is 18.9 Å². The summed E-state index contributed by atoms with van der Waals surface area (Å²) in [4.78, 5) is 23.0. The summed E-state index contributed by atoms with van der Waals surface area (Å²) in [5, 5.41) is 0. The number of aromatic nitrogens is 2. The third-order valence-electron chi connectivity index (χ3n) is 3.28. The lowest BCUT2D eigenvalue weighted by molar-refractivity contribution is 0.0531. The van der Waals surface area contributed by atoms with Gasteiger partial charge in [0.1, 0.15) is 6.10 Å². The van der Waals surface area contributed by atoms with Gasteiger partial charge in [-0.25, -0.2) is 4.98 Å². The molecule has 3 rings (SSSR count). The minimum absolute atomic E-state index is 0.0133. The number of rotatable bonds is 3. The minimum Gasteiger partial charge on any atom is -0.471 e. The SMILES string of the molecule is O=C(c1ccc(Cl)s1)N1CCCC(Oc2cnccn2)C1. The average Bonchev–Trinajstić information content (AvgIpc) is 2.94. The van der Waals surface area contributed by atoms with E-state index in [0.29, 0.717) is 21.6 Å². The van der Waals surface area contributed by atoms with Crippen LogP contribution in [0.4, 0.5) is 0 Å². The van der Waals surface area contributed by atoms with Crippen LogP contribution in [0.25, 0.3) is 0 Å². The highest BCUT2D eigenvalue weighted by atomic mass is 35.5. The van der Waals surface area contributed by atoms with Crippen molar-refractivity contribution in [1.82, 2.24) is 14.9 Å². The van der Waals surface area contributed by atoms with Gasteiger partial charge in [-0.1, -0.05) is 11.6 Å². The van der Waals surface area contributed by atoms with Crippen LogP contribution in [0.5, 0.6) is 5.88 Å². The van der Waals surface area contributed by atoms with Crippen LogP contribution in [-0.4, -0.2) is 40.0 Å². The zero-order valence-electron chi connectivity index (χ0n) is 11.2. The summed E-state index contributed by atoms with van der Waals surface area (Å²) in [6, 6.07) is 3.51. The summed E-state index contributed by atoms with van der Waals surface area (Å²) < 4.78 is 6.41. The molecule has 1 unspecified atom stereocenters. The molecule has 21 heavy (non-hydrogen) atoms. The summed E-state index contributed by atoms with van der Waals surface area (Å²) in [6.45, 7) is 1.31. The number of likely N-dealkylation sites (tertiary alicyclic amines) is 1. The zero-order valence-corrected chi connectivity index (χ0v) is 12.8. The van der Waals surface area contributed by atoms with E-state index >= 15 is 0 Å². The Labute approximate surface area is 131 Å². The molecule has 2 aromatic rings. The van der Waals surface area contributed by atoms with Gasteiger partial charge in [-0.3, -0.25) is 9.78 Å². The molecule has 1 aliphatic rings. The number of piperidine rings is 1. The molecule has 0 aliphatic carbocycles. The first-order valence-corrected chi connectivity index (χ1v) is 7.89. The second-order valence-electron chi connectivity index (χ2n) is 4.78. The van der Waals surface area contributed by atoms with Gasteiger partial charge in [-0.2, -0.15) is 0 Å². The molecule has 0 saturated carbocycles. The molecule has 2 aromatic heterocycles. The van der Waals surface area contributed by atoms with Crippen LogP contribution in [0.2, 0.25) is 4.34 Å². The molecule has 1 aliphatic heterocycles. The van der Waals surface area contributed by atoms with Crippen LogP contribution in [0.15, 0.2) is 30.7 Å². The second-order valence-corrected chi connectivity index (χ2v) is 6.50. The van der Waals surface area contributed by atoms with E-state index < -0.39 is 0 Å². The Morgan fingerprint density at radius 1 is 1.43 bits per heavy atom. The Morgan fingerprint density at radius 3 is 3.05 bits per heavy atom. The van der Waals surface area contributed by atoms with Crippen LogP contribution >= 0.6 is 22.9 Å². The number of hydrogen-bond donors (Lipinski definition) is 0. The smallest absolute Gasteiger partial charge is 0.264 e. The molecule has 1 saturated heterocycles. The highest BCUT2D eigenvalue weighted by Gasteiger charge is 2.26. The fourth-order valence-corrected chi connectivity index (χ4v) is 3.33. The summed E-state index contributed by atoms with van der Waals surface area (Å²) >= 11 is 7.19. The minimum atomic E-state index is -0.0464. The standard InChI is InChI=1S/C14H14ClN3O2S/c15-12-4-3-11(21-12)14(19)18-7-1-2-10(9-18)20-13-8-16-5-6-17-13/h3-6,8,10H,1-2,7,9H2. The van der Waals surface area contributed by atoms with Crippen LogP contribution in [0.1, 0.15) is 22.5 Å². The normalized spacial score (nSPS) is 18.5. The predicted octanol–water partition coefficient (Wildman–Crippen LogP) is 2.88. The average molecular weight is 324 g/mol. The number of amides is 1. The van der Waals surface area contributed by atoms with E-state index in [9.17, 15) is 4.79 Å². The van der Waals surface area contributed by atoms with Crippen LogP contribution in [0.3, 0.4) is 0 Å². The van der Waals surface area contributed by atoms with E-state index in [1.165, 1.54) is 11.3 Å². The maximum atomic E-state index is 12.4. The molecule has 0 aromatic carbocycles. The zero-order chi connectivity index (χ0) is 14.7. The first-order valence-electron chi connectivity index (χ1n) is 6.69. The van der Waals surface area contributed by atoms with E-state index in [1.54, 1.807) is 30.7 Å². The van der Waals surface area contributed by atoms with Crippen molar-refractivity contribution in [2.24, 2.45) is 0 Å². The molecule has 0 N–H and O–H groups in total. The molecular weight excluding hydrogens is 310 g/mol. The lowest BCUT2D eigenvalue weighted by Crippen LogP contribution is -2.44. The molecule has 3 heterocycles. The van der Waals surface area contributed by atoms with Crippen LogP contribution in [0, 0.1) is 0 Å². The van der Waals surface area contributed by atoms with Gasteiger partial charge in [-0.15, -0.1) is 11.3 Å². The van der Waals surface area contributed by atoms with Crippen molar-refractivity contribution in [3.63, 3.8) is 0 Å². The first-order chi connectivity index (χ1) is 10.2. The summed E-state index contributed by atoms with van der Waals surface area (Å²) in [5.74, 6) is 0.510. The van der Waals surface area contributed by atoms with Gasteiger partial charge in [0.05, 0.1) is 22.0 Å². The maximum Gasteiger partial charge on any atom is 0.264 e. The molecule has 110 valence electrons. The van der Waals surface area contributed by atoms with Crippen molar-refractivity contribution in [1.29, 1.82) is 0 Å². The maximum absolute atomic E-state index is 12.4. The summed E-state index contributed by atoms with van der Waals surface area (Å²) in [7, 11) is 0. The van der Waals surface area contributed by atoms with Gasteiger partial charge >= 0.3 is 0 Å². The monoisotopic (exact) mass is 323 g/mol. The Balaban J connectivity index is 1.64. The number of thiophene rings is 1. The molecule has 1 atom stereocenters. The number of carbonyl (C=O) groups excluding carboxylic acids is 1. The quantitative estimate of drug-likeness (QED) is 0.871. The Morgan fingerprint density at radius 2 is 2.33 bits per heavy atom. The molecule has 0 radical (unpaired) electrons. The van der Waals surface area contributed by atoms with Gasteiger partial charge in [0.2, 0.25) is 5.88 Å². The van der Waals surface area contributed by atoms with Gasteiger partial charge in [0, 0.05) is 18.9 Å². The van der Waals surface area contributed by atoms with Crippen LogP contribution < -0.4 is 4.74 Å². The van der Waals surface area contributed by atoms with Crippen molar-refractivity contribution in [2.75, 3.05) is 13.1 Å². The van der Waals surface area contributed by atoms with Gasteiger partial charge in [0.15, 0.2) is 0 Å².